The van der Waals surface area contributed by atoms with Gasteiger partial charge in [-0.3, -0.25) is 4.79 Å². The summed E-state index contributed by atoms with van der Waals surface area (Å²) in [5, 5.41) is 14.5. The molecule has 0 aliphatic rings. The second kappa shape index (κ2) is 8.53. The molecule has 2 rings (SSSR count). The molecule has 0 saturated carbocycles. The number of phenols is 1. The average Bonchev–Trinajstić information content (AvgIpc) is 2.57. The van der Waals surface area contributed by atoms with Crippen molar-refractivity contribution >= 4 is 17.7 Å². The molecule has 0 aromatic heterocycles. The van der Waals surface area contributed by atoms with Crippen molar-refractivity contribution in [1.82, 2.24) is 5.32 Å². The lowest BCUT2D eigenvalue weighted by Crippen LogP contribution is -2.47. The van der Waals surface area contributed by atoms with E-state index >= 15 is 0 Å². The molecule has 7 heteroatoms. The van der Waals surface area contributed by atoms with Gasteiger partial charge >= 0.3 is 6.09 Å². The van der Waals surface area contributed by atoms with Gasteiger partial charge in [0.1, 0.15) is 11.6 Å². The van der Waals surface area contributed by atoms with Crippen molar-refractivity contribution in [3.8, 4) is 5.75 Å². The summed E-state index contributed by atoms with van der Waals surface area (Å²) in [7, 11) is 0. The second-order valence-electron chi connectivity index (χ2n) is 7.04. The van der Waals surface area contributed by atoms with Gasteiger partial charge in [0, 0.05) is 12.1 Å². The van der Waals surface area contributed by atoms with Gasteiger partial charge in [-0.25, -0.2) is 9.18 Å². The van der Waals surface area contributed by atoms with E-state index < -0.39 is 35.2 Å². The van der Waals surface area contributed by atoms with E-state index in [-0.39, 0.29) is 6.42 Å². The molecule has 27 heavy (non-hydrogen) atoms. The van der Waals surface area contributed by atoms with Crippen LogP contribution >= 0.6 is 0 Å². The summed E-state index contributed by atoms with van der Waals surface area (Å²) in [6.07, 6.45) is -0.732. The predicted molar refractivity (Wildman–Crippen MR) is 100.0 cm³/mol. The number of phenolic OH excluding ortho intramolecular Hbond substituents is 1. The maximum absolute atomic E-state index is 13.6. The molecule has 6 nitrogen and oxygen atoms in total. The van der Waals surface area contributed by atoms with Crippen molar-refractivity contribution in [2.24, 2.45) is 0 Å². The monoisotopic (exact) mass is 374 g/mol. The fourth-order valence-electron chi connectivity index (χ4n) is 2.32. The molecule has 0 aliphatic carbocycles. The number of carbonyl (C=O) groups is 2. The van der Waals surface area contributed by atoms with Gasteiger partial charge in [-0.05, 0) is 50.6 Å². The molecule has 0 fully saturated rings. The van der Waals surface area contributed by atoms with Crippen LogP contribution in [0.3, 0.4) is 0 Å². The number of rotatable bonds is 5. The summed E-state index contributed by atoms with van der Waals surface area (Å²) >= 11 is 0. The van der Waals surface area contributed by atoms with E-state index in [4.69, 9.17) is 4.74 Å². The summed E-state index contributed by atoms with van der Waals surface area (Å²) in [6, 6.07) is 11.6. The first-order valence-corrected chi connectivity index (χ1v) is 8.47. The van der Waals surface area contributed by atoms with E-state index in [1.54, 1.807) is 45.0 Å². The minimum Gasteiger partial charge on any atom is -0.505 e. The van der Waals surface area contributed by atoms with Gasteiger partial charge in [-0.2, -0.15) is 0 Å². The molecule has 3 N–H and O–H groups in total. The van der Waals surface area contributed by atoms with Crippen LogP contribution in [0.25, 0.3) is 0 Å². The van der Waals surface area contributed by atoms with Crippen LogP contribution < -0.4 is 10.6 Å². The van der Waals surface area contributed by atoms with Crippen LogP contribution in [-0.4, -0.2) is 28.7 Å². The highest BCUT2D eigenvalue weighted by atomic mass is 19.1. The van der Waals surface area contributed by atoms with E-state index in [9.17, 15) is 19.1 Å². The Bertz CT molecular complexity index is 803. The number of aromatic hydroxyl groups is 1. The summed E-state index contributed by atoms with van der Waals surface area (Å²) in [5.74, 6) is -1.75. The van der Waals surface area contributed by atoms with Crippen molar-refractivity contribution in [3.05, 3.63) is 59.9 Å². The van der Waals surface area contributed by atoms with Crippen molar-refractivity contribution in [3.63, 3.8) is 0 Å². The number of ether oxygens (including phenoxy) is 1. The number of anilines is 1. The van der Waals surface area contributed by atoms with Crippen LogP contribution in [0.2, 0.25) is 0 Å². The van der Waals surface area contributed by atoms with E-state index in [1.165, 1.54) is 12.1 Å². The molecule has 0 heterocycles. The molecule has 0 bridgehead atoms. The van der Waals surface area contributed by atoms with Crippen LogP contribution in [0.4, 0.5) is 14.9 Å². The smallest absolute Gasteiger partial charge is 0.408 e. The molecule has 0 aliphatic heterocycles. The Hall–Kier alpha value is -3.09. The lowest BCUT2D eigenvalue weighted by Gasteiger charge is -2.23. The zero-order valence-corrected chi connectivity index (χ0v) is 15.5. The third kappa shape index (κ3) is 6.62. The van der Waals surface area contributed by atoms with Crippen molar-refractivity contribution in [1.29, 1.82) is 0 Å². The number of hydrogen-bond donors (Lipinski definition) is 3. The highest BCUT2D eigenvalue weighted by Crippen LogP contribution is 2.18. The molecule has 0 unspecified atom stereocenters. The van der Waals surface area contributed by atoms with Gasteiger partial charge in [-0.1, -0.05) is 24.3 Å². The first kappa shape index (κ1) is 20.2. The van der Waals surface area contributed by atoms with E-state index in [1.807, 2.05) is 6.07 Å². The van der Waals surface area contributed by atoms with Crippen LogP contribution in [-0.2, 0) is 16.0 Å². The molecule has 0 radical (unpaired) electrons. The fourth-order valence-corrected chi connectivity index (χ4v) is 2.32. The Morgan fingerprint density at radius 3 is 2.41 bits per heavy atom. The third-order valence-corrected chi connectivity index (χ3v) is 3.50. The zero-order chi connectivity index (χ0) is 20.0. The second-order valence-corrected chi connectivity index (χ2v) is 7.04. The Morgan fingerprint density at radius 2 is 1.81 bits per heavy atom. The van der Waals surface area contributed by atoms with Gasteiger partial charge < -0.3 is 20.5 Å². The number of hydrogen-bond acceptors (Lipinski definition) is 4. The summed E-state index contributed by atoms with van der Waals surface area (Å²) in [6.45, 7) is 5.13. The standard InChI is InChI=1S/C20H23FN2O4/c1-20(2,3)27-19(26)23-16(12-13-9-10-17(24)15(21)11-13)18(25)22-14-7-5-4-6-8-14/h4-11,16,24H,12H2,1-3H3,(H,22,25)(H,23,26)/t16-/m1/s1. The third-order valence-electron chi connectivity index (χ3n) is 3.50. The van der Waals surface area contributed by atoms with Gasteiger partial charge in [0.25, 0.3) is 0 Å². The zero-order valence-electron chi connectivity index (χ0n) is 15.5. The number of carbonyl (C=O) groups excluding carboxylic acids is 2. The lowest BCUT2D eigenvalue weighted by molar-refractivity contribution is -0.118. The SMILES string of the molecule is CC(C)(C)OC(=O)N[C@H](Cc1ccc(O)c(F)c1)C(=O)Nc1ccccc1. The van der Waals surface area contributed by atoms with Gasteiger partial charge in [0.2, 0.25) is 5.91 Å². The number of amides is 2. The number of halogens is 1. The number of benzene rings is 2. The molecule has 0 saturated heterocycles. The molecule has 1 atom stereocenters. The Morgan fingerprint density at radius 1 is 1.15 bits per heavy atom. The quantitative estimate of drug-likeness (QED) is 0.746. The Balaban J connectivity index is 2.17. The molecule has 144 valence electrons. The average molecular weight is 374 g/mol. The molecule has 2 aromatic carbocycles. The minimum atomic E-state index is -0.996. The summed E-state index contributed by atoms with van der Waals surface area (Å²) in [5.41, 5.74) is 0.278. The maximum atomic E-state index is 13.6. The minimum absolute atomic E-state index is 0.0229. The van der Waals surface area contributed by atoms with E-state index in [0.29, 0.717) is 11.3 Å². The molecule has 2 amide bonds. The van der Waals surface area contributed by atoms with Crippen LogP contribution in [0.5, 0.6) is 5.75 Å². The number of para-hydroxylation sites is 1. The first-order chi connectivity index (χ1) is 12.6. The van der Waals surface area contributed by atoms with Crippen molar-refractivity contribution in [2.75, 3.05) is 5.32 Å². The van der Waals surface area contributed by atoms with Crippen LogP contribution in [0.1, 0.15) is 26.3 Å². The van der Waals surface area contributed by atoms with Crippen LogP contribution in [0.15, 0.2) is 48.5 Å². The molecule has 2 aromatic rings. The summed E-state index contributed by atoms with van der Waals surface area (Å²) in [4.78, 5) is 24.8. The maximum Gasteiger partial charge on any atom is 0.408 e. The Kier molecular flexibility index (Phi) is 6.39. The largest absolute Gasteiger partial charge is 0.505 e. The molecular weight excluding hydrogens is 351 g/mol. The fraction of sp³-hybridized carbons (Fsp3) is 0.300. The van der Waals surface area contributed by atoms with Crippen molar-refractivity contribution < 1.29 is 23.8 Å². The van der Waals surface area contributed by atoms with Crippen LogP contribution in [0, 0.1) is 5.82 Å². The highest BCUT2D eigenvalue weighted by Gasteiger charge is 2.25. The number of nitrogens with one attached hydrogen (secondary N) is 2. The molecular formula is C20H23FN2O4. The lowest BCUT2D eigenvalue weighted by atomic mass is 10.0. The van der Waals surface area contributed by atoms with Gasteiger partial charge in [-0.15, -0.1) is 0 Å². The van der Waals surface area contributed by atoms with E-state index in [0.717, 1.165) is 6.07 Å². The van der Waals surface area contributed by atoms with Gasteiger partial charge in [0.15, 0.2) is 11.6 Å². The van der Waals surface area contributed by atoms with Gasteiger partial charge in [0.05, 0.1) is 0 Å². The topological polar surface area (TPSA) is 87.7 Å². The number of alkyl carbamates (subject to hydrolysis) is 1. The molecule has 0 spiro atoms. The predicted octanol–water partition coefficient (Wildman–Crippen LogP) is 3.61. The van der Waals surface area contributed by atoms with E-state index in [2.05, 4.69) is 10.6 Å². The highest BCUT2D eigenvalue weighted by molar-refractivity contribution is 5.96. The summed E-state index contributed by atoms with van der Waals surface area (Å²) < 4.78 is 18.8. The van der Waals surface area contributed by atoms with Crippen molar-refractivity contribution in [2.45, 2.75) is 38.8 Å². The Labute approximate surface area is 157 Å². The first-order valence-electron chi connectivity index (χ1n) is 8.47. The normalized spacial score (nSPS) is 12.1.